The first-order chi connectivity index (χ1) is 9.24. The zero-order valence-corrected chi connectivity index (χ0v) is 11.5. The molecule has 4 nitrogen and oxygen atoms in total. The van der Waals surface area contributed by atoms with Gasteiger partial charge < -0.3 is 14.8 Å². The van der Waals surface area contributed by atoms with Crippen LogP contribution in [-0.4, -0.2) is 26.2 Å². The lowest BCUT2D eigenvalue weighted by Crippen LogP contribution is -2.32. The fraction of sp³-hybridized carbons (Fsp3) is 0.533. The van der Waals surface area contributed by atoms with Gasteiger partial charge in [-0.15, -0.1) is 0 Å². The Morgan fingerprint density at radius 1 is 1.37 bits per heavy atom. The Morgan fingerprint density at radius 2 is 2.05 bits per heavy atom. The molecule has 1 fully saturated rings. The van der Waals surface area contributed by atoms with Gasteiger partial charge in [0.2, 0.25) is 5.91 Å². The number of ether oxygens (including phenoxy) is 2. The van der Waals surface area contributed by atoms with E-state index in [0.717, 1.165) is 11.3 Å². The number of methoxy groups -OCH3 is 1. The van der Waals surface area contributed by atoms with E-state index in [1.807, 2.05) is 31.2 Å². The molecule has 0 aliphatic heterocycles. The summed E-state index contributed by atoms with van der Waals surface area (Å²) in [5.41, 5.74) is 1.13. The molecule has 0 spiro atoms. The van der Waals surface area contributed by atoms with Gasteiger partial charge in [-0.1, -0.05) is 12.1 Å². The molecule has 0 radical (unpaired) electrons. The first kappa shape index (κ1) is 13.9. The summed E-state index contributed by atoms with van der Waals surface area (Å²) in [5, 5.41) is 3.06. The van der Waals surface area contributed by atoms with Crippen molar-refractivity contribution in [1.29, 1.82) is 0 Å². The fourth-order valence-electron chi connectivity index (χ4n) is 2.12. The second kappa shape index (κ2) is 6.57. The summed E-state index contributed by atoms with van der Waals surface area (Å²) in [4.78, 5) is 11.8. The molecule has 104 valence electrons. The van der Waals surface area contributed by atoms with Crippen LogP contribution >= 0.6 is 0 Å². The Hall–Kier alpha value is -1.55. The minimum Gasteiger partial charge on any atom is -0.497 e. The predicted molar refractivity (Wildman–Crippen MR) is 73.1 cm³/mol. The lowest BCUT2D eigenvalue weighted by molar-refractivity contribution is -0.126. The molecule has 1 amide bonds. The van der Waals surface area contributed by atoms with Crippen molar-refractivity contribution < 1.29 is 14.3 Å². The number of hydrogen-bond acceptors (Lipinski definition) is 3. The van der Waals surface area contributed by atoms with Crippen LogP contribution in [0.25, 0.3) is 0 Å². The van der Waals surface area contributed by atoms with Gasteiger partial charge in [0.1, 0.15) is 12.4 Å². The van der Waals surface area contributed by atoms with Crippen LogP contribution in [0.4, 0.5) is 0 Å². The topological polar surface area (TPSA) is 47.6 Å². The Labute approximate surface area is 114 Å². The van der Waals surface area contributed by atoms with Crippen molar-refractivity contribution in [2.75, 3.05) is 20.3 Å². The zero-order valence-electron chi connectivity index (χ0n) is 11.5. The first-order valence-electron chi connectivity index (χ1n) is 6.75. The monoisotopic (exact) mass is 263 g/mol. The van der Waals surface area contributed by atoms with E-state index in [4.69, 9.17) is 9.47 Å². The SMILES string of the molecule is CCOCC(=O)NC(c1ccc(OC)cc1)C1CC1. The number of amides is 1. The van der Waals surface area contributed by atoms with Gasteiger partial charge in [-0.3, -0.25) is 4.79 Å². The summed E-state index contributed by atoms with van der Waals surface area (Å²) in [6, 6.07) is 7.99. The highest BCUT2D eigenvalue weighted by molar-refractivity contribution is 5.77. The van der Waals surface area contributed by atoms with Crippen LogP contribution in [0.5, 0.6) is 5.75 Å². The van der Waals surface area contributed by atoms with Gasteiger partial charge in [0.15, 0.2) is 0 Å². The molecule has 1 aliphatic carbocycles. The van der Waals surface area contributed by atoms with E-state index in [1.165, 1.54) is 12.8 Å². The van der Waals surface area contributed by atoms with Gasteiger partial charge in [-0.05, 0) is 43.4 Å². The van der Waals surface area contributed by atoms with E-state index < -0.39 is 0 Å². The normalized spacial score (nSPS) is 15.9. The molecule has 4 heteroatoms. The molecule has 0 aromatic heterocycles. The lowest BCUT2D eigenvalue weighted by atomic mass is 10.0. The molecular formula is C15H21NO3. The summed E-state index contributed by atoms with van der Waals surface area (Å²) >= 11 is 0. The second-order valence-corrected chi connectivity index (χ2v) is 4.79. The van der Waals surface area contributed by atoms with Gasteiger partial charge >= 0.3 is 0 Å². The molecule has 2 rings (SSSR count). The van der Waals surface area contributed by atoms with Crippen LogP contribution in [-0.2, 0) is 9.53 Å². The Morgan fingerprint density at radius 3 is 2.58 bits per heavy atom. The van der Waals surface area contributed by atoms with Crippen LogP contribution < -0.4 is 10.1 Å². The Balaban J connectivity index is 2.00. The predicted octanol–water partition coefficient (Wildman–Crippen LogP) is 2.30. The van der Waals surface area contributed by atoms with Crippen molar-refractivity contribution in [2.24, 2.45) is 5.92 Å². The lowest BCUT2D eigenvalue weighted by Gasteiger charge is -2.19. The molecule has 0 heterocycles. The van der Waals surface area contributed by atoms with Crippen LogP contribution in [0.2, 0.25) is 0 Å². The third-order valence-electron chi connectivity index (χ3n) is 3.32. The van der Waals surface area contributed by atoms with Crippen molar-refractivity contribution in [1.82, 2.24) is 5.32 Å². The summed E-state index contributed by atoms with van der Waals surface area (Å²) in [6.45, 7) is 2.58. The number of hydrogen-bond donors (Lipinski definition) is 1. The van der Waals surface area contributed by atoms with E-state index in [9.17, 15) is 4.79 Å². The molecule has 19 heavy (non-hydrogen) atoms. The van der Waals surface area contributed by atoms with Crippen molar-refractivity contribution in [3.63, 3.8) is 0 Å². The number of nitrogens with one attached hydrogen (secondary N) is 1. The number of rotatable bonds is 7. The maximum atomic E-state index is 11.8. The van der Waals surface area contributed by atoms with Gasteiger partial charge in [0.25, 0.3) is 0 Å². The average molecular weight is 263 g/mol. The van der Waals surface area contributed by atoms with Gasteiger partial charge in [0, 0.05) is 6.61 Å². The largest absolute Gasteiger partial charge is 0.497 e. The van der Waals surface area contributed by atoms with Crippen LogP contribution in [0.15, 0.2) is 24.3 Å². The van der Waals surface area contributed by atoms with Crippen LogP contribution in [0.1, 0.15) is 31.4 Å². The van der Waals surface area contributed by atoms with Crippen molar-refractivity contribution >= 4 is 5.91 Å². The molecule has 1 saturated carbocycles. The second-order valence-electron chi connectivity index (χ2n) is 4.79. The first-order valence-corrected chi connectivity index (χ1v) is 6.75. The molecule has 1 N–H and O–H groups in total. The highest BCUT2D eigenvalue weighted by atomic mass is 16.5. The standard InChI is InChI=1S/C15H21NO3/c1-3-19-10-14(17)16-15(11-4-5-11)12-6-8-13(18-2)9-7-12/h6-9,11,15H,3-5,10H2,1-2H3,(H,16,17). The molecule has 1 aliphatic rings. The molecule has 0 saturated heterocycles. The number of carbonyl (C=O) groups is 1. The minimum absolute atomic E-state index is 0.0467. The van der Waals surface area contributed by atoms with Crippen molar-refractivity contribution in [3.05, 3.63) is 29.8 Å². The Kier molecular flexibility index (Phi) is 4.80. The number of carbonyl (C=O) groups excluding carboxylic acids is 1. The summed E-state index contributed by atoms with van der Waals surface area (Å²) in [5.74, 6) is 1.34. The maximum absolute atomic E-state index is 11.8. The van der Waals surface area contributed by atoms with Gasteiger partial charge in [-0.2, -0.15) is 0 Å². The quantitative estimate of drug-likeness (QED) is 0.821. The third-order valence-corrected chi connectivity index (χ3v) is 3.32. The molecule has 1 aromatic rings. The van der Waals surface area contributed by atoms with Gasteiger partial charge in [-0.25, -0.2) is 0 Å². The molecule has 1 aromatic carbocycles. The molecule has 1 unspecified atom stereocenters. The van der Waals surface area contributed by atoms with E-state index in [-0.39, 0.29) is 18.6 Å². The van der Waals surface area contributed by atoms with Crippen LogP contribution in [0, 0.1) is 5.92 Å². The highest BCUT2D eigenvalue weighted by Gasteiger charge is 2.33. The molecule has 1 atom stereocenters. The van der Waals surface area contributed by atoms with E-state index in [0.29, 0.717) is 12.5 Å². The van der Waals surface area contributed by atoms with Crippen molar-refractivity contribution in [3.8, 4) is 5.75 Å². The third kappa shape index (κ3) is 3.96. The summed E-state index contributed by atoms with van der Waals surface area (Å²) in [7, 11) is 1.65. The van der Waals surface area contributed by atoms with Crippen molar-refractivity contribution in [2.45, 2.75) is 25.8 Å². The van der Waals surface area contributed by atoms with E-state index >= 15 is 0 Å². The average Bonchev–Trinajstić information content (AvgIpc) is 3.27. The van der Waals surface area contributed by atoms with E-state index in [2.05, 4.69) is 5.32 Å². The highest BCUT2D eigenvalue weighted by Crippen LogP contribution is 2.41. The van der Waals surface area contributed by atoms with Crippen LogP contribution in [0.3, 0.4) is 0 Å². The summed E-state index contributed by atoms with van der Waals surface area (Å²) in [6.07, 6.45) is 2.34. The minimum atomic E-state index is -0.0467. The zero-order chi connectivity index (χ0) is 13.7. The maximum Gasteiger partial charge on any atom is 0.246 e. The Bertz CT molecular complexity index is 412. The number of benzene rings is 1. The molecule has 0 bridgehead atoms. The summed E-state index contributed by atoms with van der Waals surface area (Å²) < 4.78 is 10.3. The smallest absolute Gasteiger partial charge is 0.246 e. The fourth-order valence-corrected chi connectivity index (χ4v) is 2.12. The van der Waals surface area contributed by atoms with Gasteiger partial charge in [0.05, 0.1) is 13.2 Å². The van der Waals surface area contributed by atoms with E-state index in [1.54, 1.807) is 7.11 Å². The molecular weight excluding hydrogens is 242 g/mol.